The standard InChI is InChI=1S/C14H17N3O5/c1-3-10-8(2)11(22-14(19)20)13(21-10)17-6-4-9(18)12-15-5-7-16(12)17/h4-8,10-11,13H,3H2,1-2H3,(H,19,20)/t8-,10-,11-,13-/m1/s1. The van der Waals surface area contributed by atoms with Crippen LogP contribution in [0, 0.1) is 5.92 Å². The van der Waals surface area contributed by atoms with Crippen molar-refractivity contribution in [2.45, 2.75) is 38.7 Å². The van der Waals surface area contributed by atoms with Crippen molar-refractivity contribution < 1.29 is 19.4 Å². The van der Waals surface area contributed by atoms with Gasteiger partial charge in [0, 0.05) is 30.6 Å². The first-order chi connectivity index (χ1) is 10.5. The summed E-state index contributed by atoms with van der Waals surface area (Å²) in [7, 11) is 0. The van der Waals surface area contributed by atoms with E-state index < -0.39 is 18.5 Å². The van der Waals surface area contributed by atoms with Gasteiger partial charge in [0.25, 0.3) is 0 Å². The van der Waals surface area contributed by atoms with E-state index in [1.165, 1.54) is 12.3 Å². The highest BCUT2D eigenvalue weighted by atomic mass is 16.7. The van der Waals surface area contributed by atoms with E-state index in [0.717, 1.165) is 6.42 Å². The first-order valence-electron chi connectivity index (χ1n) is 7.12. The van der Waals surface area contributed by atoms with Gasteiger partial charge in [-0.15, -0.1) is 0 Å². The maximum absolute atomic E-state index is 11.8. The van der Waals surface area contributed by atoms with Crippen LogP contribution >= 0.6 is 0 Å². The Morgan fingerprint density at radius 3 is 2.95 bits per heavy atom. The zero-order valence-electron chi connectivity index (χ0n) is 12.2. The molecule has 1 fully saturated rings. The number of aromatic nitrogens is 3. The number of carboxylic acid groups (broad SMARTS) is 1. The van der Waals surface area contributed by atoms with Crippen LogP contribution in [0.25, 0.3) is 5.65 Å². The van der Waals surface area contributed by atoms with Crippen LogP contribution in [-0.4, -0.2) is 37.7 Å². The van der Waals surface area contributed by atoms with Gasteiger partial charge in [0.2, 0.25) is 5.43 Å². The number of fused-ring (bicyclic) bond motifs is 1. The van der Waals surface area contributed by atoms with Crippen LogP contribution < -0.4 is 5.43 Å². The molecule has 0 bridgehead atoms. The Hall–Kier alpha value is -2.35. The molecule has 8 nitrogen and oxygen atoms in total. The Morgan fingerprint density at radius 1 is 1.50 bits per heavy atom. The molecule has 3 rings (SSSR count). The largest absolute Gasteiger partial charge is 0.506 e. The molecule has 1 aliphatic rings. The van der Waals surface area contributed by atoms with E-state index in [-0.39, 0.29) is 23.1 Å². The number of imidazole rings is 1. The van der Waals surface area contributed by atoms with Crippen LogP contribution in [-0.2, 0) is 9.47 Å². The van der Waals surface area contributed by atoms with Gasteiger partial charge in [-0.05, 0) is 6.42 Å². The van der Waals surface area contributed by atoms with Crippen LogP contribution in [0.2, 0.25) is 0 Å². The van der Waals surface area contributed by atoms with Crippen LogP contribution in [0.3, 0.4) is 0 Å². The van der Waals surface area contributed by atoms with Gasteiger partial charge in [0.15, 0.2) is 18.0 Å². The van der Waals surface area contributed by atoms with Crippen LogP contribution in [0.5, 0.6) is 0 Å². The highest BCUT2D eigenvalue weighted by Crippen LogP contribution is 2.37. The Labute approximate surface area is 125 Å². The predicted octanol–water partition coefficient (Wildman–Crippen LogP) is 1.50. The molecule has 0 radical (unpaired) electrons. The second-order valence-electron chi connectivity index (χ2n) is 5.34. The van der Waals surface area contributed by atoms with E-state index in [0.29, 0.717) is 0 Å². The summed E-state index contributed by atoms with van der Waals surface area (Å²) in [5, 5.41) is 8.98. The van der Waals surface area contributed by atoms with Crippen LogP contribution in [0.1, 0.15) is 26.5 Å². The molecule has 0 spiro atoms. The quantitative estimate of drug-likeness (QED) is 0.863. The molecule has 0 unspecified atom stereocenters. The molecule has 0 aromatic carbocycles. The zero-order chi connectivity index (χ0) is 15.9. The minimum Gasteiger partial charge on any atom is -0.450 e. The molecule has 1 aliphatic heterocycles. The number of rotatable bonds is 3. The molecule has 0 aliphatic carbocycles. The lowest BCUT2D eigenvalue weighted by Gasteiger charge is -2.23. The third-order valence-electron chi connectivity index (χ3n) is 4.07. The smallest absolute Gasteiger partial charge is 0.450 e. The maximum Gasteiger partial charge on any atom is 0.506 e. The van der Waals surface area contributed by atoms with Crippen molar-refractivity contribution in [1.82, 2.24) is 14.2 Å². The SMILES string of the molecule is CC[C@H]1O[C@@H](n2ccc(=O)c3nccn32)[C@H](OC(=O)O)[C@@H]1C. The molecule has 0 saturated carbocycles. The number of carbonyl (C=O) groups is 1. The van der Waals surface area contributed by atoms with Crippen LogP contribution in [0.15, 0.2) is 29.5 Å². The number of ether oxygens (including phenoxy) is 2. The van der Waals surface area contributed by atoms with Crippen molar-refractivity contribution in [2.75, 3.05) is 0 Å². The fraction of sp³-hybridized carbons (Fsp3) is 0.500. The summed E-state index contributed by atoms with van der Waals surface area (Å²) in [5.41, 5.74) is 0.0443. The van der Waals surface area contributed by atoms with Crippen molar-refractivity contribution in [1.29, 1.82) is 0 Å². The molecular formula is C14H17N3O5. The van der Waals surface area contributed by atoms with E-state index in [1.807, 2.05) is 13.8 Å². The minimum absolute atomic E-state index is 0.0934. The van der Waals surface area contributed by atoms with E-state index in [9.17, 15) is 9.59 Å². The Bertz CT molecular complexity index is 752. The normalized spacial score (nSPS) is 28.1. The first-order valence-corrected chi connectivity index (χ1v) is 7.12. The van der Waals surface area contributed by atoms with E-state index >= 15 is 0 Å². The lowest BCUT2D eigenvalue weighted by Crippen LogP contribution is -2.32. The third kappa shape index (κ3) is 2.25. The average molecular weight is 307 g/mol. The lowest BCUT2D eigenvalue weighted by atomic mass is 9.99. The topological polar surface area (TPSA) is 95.1 Å². The van der Waals surface area contributed by atoms with Crippen LogP contribution in [0.4, 0.5) is 4.79 Å². The van der Waals surface area contributed by atoms with Gasteiger partial charge >= 0.3 is 6.16 Å². The molecule has 3 heterocycles. The molecule has 22 heavy (non-hydrogen) atoms. The fourth-order valence-electron chi connectivity index (χ4n) is 2.97. The van der Waals surface area contributed by atoms with Crippen molar-refractivity contribution >= 4 is 11.8 Å². The molecule has 1 N–H and O–H groups in total. The summed E-state index contributed by atoms with van der Waals surface area (Å²) < 4.78 is 14.2. The summed E-state index contributed by atoms with van der Waals surface area (Å²) in [6.07, 6.45) is 2.67. The van der Waals surface area contributed by atoms with E-state index in [2.05, 4.69) is 4.98 Å². The summed E-state index contributed by atoms with van der Waals surface area (Å²) in [6, 6.07) is 1.38. The van der Waals surface area contributed by atoms with Crippen molar-refractivity contribution in [3.05, 3.63) is 34.9 Å². The lowest BCUT2D eigenvalue weighted by molar-refractivity contribution is -0.0596. The summed E-state index contributed by atoms with van der Waals surface area (Å²) in [6.45, 7) is 3.87. The van der Waals surface area contributed by atoms with Crippen molar-refractivity contribution in [3.63, 3.8) is 0 Å². The average Bonchev–Trinajstić information content (AvgIpc) is 3.07. The molecule has 118 valence electrons. The third-order valence-corrected chi connectivity index (χ3v) is 4.07. The summed E-state index contributed by atoms with van der Waals surface area (Å²) in [5.74, 6) is -0.0934. The summed E-state index contributed by atoms with van der Waals surface area (Å²) >= 11 is 0. The van der Waals surface area contributed by atoms with Gasteiger partial charge in [0.1, 0.15) is 0 Å². The highest BCUT2D eigenvalue weighted by Gasteiger charge is 2.45. The molecule has 4 atom stereocenters. The predicted molar refractivity (Wildman–Crippen MR) is 75.7 cm³/mol. The Balaban J connectivity index is 2.07. The Kier molecular flexibility index (Phi) is 3.61. The number of hydrogen-bond donors (Lipinski definition) is 1. The fourth-order valence-corrected chi connectivity index (χ4v) is 2.97. The maximum atomic E-state index is 11.8. The van der Waals surface area contributed by atoms with Gasteiger partial charge in [-0.3, -0.25) is 9.48 Å². The monoisotopic (exact) mass is 307 g/mol. The molecule has 2 aromatic heterocycles. The second-order valence-corrected chi connectivity index (χ2v) is 5.34. The van der Waals surface area contributed by atoms with E-state index in [1.54, 1.807) is 21.6 Å². The Morgan fingerprint density at radius 2 is 2.27 bits per heavy atom. The van der Waals surface area contributed by atoms with E-state index in [4.69, 9.17) is 14.6 Å². The molecule has 8 heteroatoms. The van der Waals surface area contributed by atoms with Gasteiger partial charge < -0.3 is 14.6 Å². The molecule has 0 amide bonds. The van der Waals surface area contributed by atoms with Crippen molar-refractivity contribution in [3.8, 4) is 0 Å². The second kappa shape index (κ2) is 5.45. The van der Waals surface area contributed by atoms with Gasteiger partial charge in [-0.2, -0.15) is 0 Å². The number of nitrogens with zero attached hydrogens (tertiary/aromatic N) is 3. The minimum atomic E-state index is -1.34. The van der Waals surface area contributed by atoms with Gasteiger partial charge in [-0.25, -0.2) is 14.3 Å². The molecular weight excluding hydrogens is 290 g/mol. The zero-order valence-corrected chi connectivity index (χ0v) is 12.2. The van der Waals surface area contributed by atoms with Gasteiger partial charge in [-0.1, -0.05) is 13.8 Å². The highest BCUT2D eigenvalue weighted by molar-refractivity contribution is 5.57. The molecule has 2 aromatic rings. The summed E-state index contributed by atoms with van der Waals surface area (Å²) in [4.78, 5) is 26.8. The molecule has 1 saturated heterocycles. The van der Waals surface area contributed by atoms with Gasteiger partial charge in [0.05, 0.1) is 6.10 Å². The first kappa shape index (κ1) is 14.6. The number of hydrogen-bond acceptors (Lipinski definition) is 5. The van der Waals surface area contributed by atoms with Crippen molar-refractivity contribution in [2.24, 2.45) is 5.92 Å².